The lowest BCUT2D eigenvalue weighted by molar-refractivity contribution is 1.12. The Labute approximate surface area is 256 Å². The minimum Gasteiger partial charge on any atom is -0.309 e. The number of nitrogens with zero attached hydrogens (tertiary/aromatic N) is 4. The Kier molecular flexibility index (Phi) is 4.29. The number of rotatable bonds is 2. The summed E-state index contributed by atoms with van der Waals surface area (Å²) in [5.74, 6) is 0. The van der Waals surface area contributed by atoms with Crippen molar-refractivity contribution in [3.05, 3.63) is 146 Å². The summed E-state index contributed by atoms with van der Waals surface area (Å²) in [5.41, 5.74) is 10.6. The summed E-state index contributed by atoms with van der Waals surface area (Å²) in [7, 11) is 0. The molecule has 0 aliphatic heterocycles. The topological polar surface area (TPSA) is 27.2 Å². The van der Waals surface area contributed by atoms with E-state index in [9.17, 15) is 0 Å². The average molecular weight is 573 g/mol. The highest BCUT2D eigenvalue weighted by Gasteiger charge is 2.24. The van der Waals surface area contributed by atoms with Crippen molar-refractivity contribution in [1.82, 2.24) is 18.5 Å². The molecule has 0 spiro atoms. The lowest BCUT2D eigenvalue weighted by Crippen LogP contribution is -1.98. The zero-order valence-electron chi connectivity index (χ0n) is 24.1. The zero-order chi connectivity index (χ0) is 29.2. The van der Waals surface area contributed by atoms with Crippen LogP contribution in [0.1, 0.15) is 0 Å². The monoisotopic (exact) mass is 572 g/mol. The number of para-hydroxylation sites is 4. The summed E-state index contributed by atoms with van der Waals surface area (Å²) in [4.78, 5) is 4.80. The second kappa shape index (κ2) is 8.28. The third kappa shape index (κ3) is 2.84. The molecule has 11 rings (SSSR count). The van der Waals surface area contributed by atoms with Gasteiger partial charge in [0.2, 0.25) is 0 Å². The van der Waals surface area contributed by atoms with E-state index in [1.807, 2.05) is 12.3 Å². The van der Waals surface area contributed by atoms with E-state index >= 15 is 0 Å². The molecule has 4 heteroatoms. The van der Waals surface area contributed by atoms with Crippen LogP contribution in [0, 0.1) is 0 Å². The number of hydrogen-bond acceptors (Lipinski definition) is 1. The van der Waals surface area contributed by atoms with Crippen molar-refractivity contribution < 1.29 is 0 Å². The van der Waals surface area contributed by atoms with Gasteiger partial charge in [-0.1, -0.05) is 72.8 Å². The maximum absolute atomic E-state index is 4.80. The van der Waals surface area contributed by atoms with E-state index in [4.69, 9.17) is 4.98 Å². The van der Waals surface area contributed by atoms with Crippen molar-refractivity contribution in [3.8, 4) is 11.4 Å². The fourth-order valence-corrected chi connectivity index (χ4v) is 8.03. The summed E-state index contributed by atoms with van der Waals surface area (Å²) in [5, 5.41) is 10.1. The van der Waals surface area contributed by atoms with Crippen molar-refractivity contribution in [2.45, 2.75) is 0 Å². The smallest absolute Gasteiger partial charge is 0.145 e. The first kappa shape index (κ1) is 23.3. The first-order valence-corrected chi connectivity index (χ1v) is 15.4. The Hall–Kier alpha value is -6.13. The molecule has 0 radical (unpaired) electrons. The van der Waals surface area contributed by atoms with Gasteiger partial charge in [0.25, 0.3) is 0 Å². The van der Waals surface area contributed by atoms with Crippen molar-refractivity contribution in [1.29, 1.82) is 0 Å². The third-order valence-corrected chi connectivity index (χ3v) is 9.80. The molecule has 208 valence electrons. The first-order valence-electron chi connectivity index (χ1n) is 15.4. The number of fused-ring (bicyclic) bond motifs is 13. The second-order valence-corrected chi connectivity index (χ2v) is 12.0. The SMILES string of the molecule is c1ccc2c(c1)c1cccnc1n2-c1ccc(-n2c3ccccc3c3cc4c5ccccc5n5c6ccccc6c(c32)c45)cc1. The van der Waals surface area contributed by atoms with Crippen LogP contribution in [0.5, 0.6) is 0 Å². The summed E-state index contributed by atoms with van der Waals surface area (Å²) in [6, 6.07) is 50.7. The molecule has 0 atom stereocenters. The van der Waals surface area contributed by atoms with Gasteiger partial charge in [-0.2, -0.15) is 0 Å². The summed E-state index contributed by atoms with van der Waals surface area (Å²) in [6.45, 7) is 0. The molecule has 4 nitrogen and oxygen atoms in total. The zero-order valence-corrected chi connectivity index (χ0v) is 24.1. The van der Waals surface area contributed by atoms with E-state index in [1.54, 1.807) is 0 Å². The lowest BCUT2D eigenvalue weighted by Gasteiger charge is -2.12. The van der Waals surface area contributed by atoms with Gasteiger partial charge in [0, 0.05) is 60.7 Å². The molecule has 45 heavy (non-hydrogen) atoms. The average Bonchev–Trinajstić information content (AvgIpc) is 3.82. The maximum atomic E-state index is 4.80. The highest BCUT2D eigenvalue weighted by Crippen LogP contribution is 2.46. The van der Waals surface area contributed by atoms with Crippen LogP contribution in [0.15, 0.2) is 146 Å². The molecule has 0 fully saturated rings. The Morgan fingerprint density at radius 3 is 1.58 bits per heavy atom. The molecule has 0 amide bonds. The van der Waals surface area contributed by atoms with Crippen LogP contribution in [-0.4, -0.2) is 18.5 Å². The Bertz CT molecular complexity index is 2920. The molecule has 0 N–H and O–H groups in total. The largest absolute Gasteiger partial charge is 0.309 e. The number of benzene rings is 6. The van der Waals surface area contributed by atoms with E-state index < -0.39 is 0 Å². The number of hydrogen-bond donors (Lipinski definition) is 0. The molecule has 0 aliphatic rings. The third-order valence-electron chi connectivity index (χ3n) is 9.80. The van der Waals surface area contributed by atoms with E-state index in [2.05, 4.69) is 147 Å². The molecule has 5 heterocycles. The predicted octanol–water partition coefficient (Wildman–Crippen LogP) is 10.4. The van der Waals surface area contributed by atoms with Gasteiger partial charge in [-0.3, -0.25) is 4.57 Å². The van der Waals surface area contributed by atoms with Gasteiger partial charge >= 0.3 is 0 Å². The molecular formula is C41H24N4. The summed E-state index contributed by atoms with van der Waals surface area (Å²) >= 11 is 0. The predicted molar refractivity (Wildman–Crippen MR) is 188 cm³/mol. The highest BCUT2D eigenvalue weighted by molar-refractivity contribution is 6.34. The summed E-state index contributed by atoms with van der Waals surface area (Å²) < 4.78 is 7.21. The van der Waals surface area contributed by atoms with Crippen molar-refractivity contribution in [3.63, 3.8) is 0 Å². The van der Waals surface area contributed by atoms with E-state index in [-0.39, 0.29) is 0 Å². The molecule has 5 aromatic heterocycles. The molecule has 0 aliphatic carbocycles. The van der Waals surface area contributed by atoms with Crippen LogP contribution in [-0.2, 0) is 0 Å². The molecule has 6 aromatic carbocycles. The molecule has 0 unspecified atom stereocenters. The lowest BCUT2D eigenvalue weighted by atomic mass is 10.0. The van der Waals surface area contributed by atoms with Crippen LogP contribution in [0.25, 0.3) is 93.2 Å². The normalized spacial score (nSPS) is 12.4. The van der Waals surface area contributed by atoms with E-state index in [0.29, 0.717) is 0 Å². The van der Waals surface area contributed by atoms with Crippen molar-refractivity contribution >= 4 is 81.8 Å². The van der Waals surface area contributed by atoms with Gasteiger partial charge in [-0.15, -0.1) is 0 Å². The quantitative estimate of drug-likeness (QED) is 0.202. The molecule has 0 saturated carbocycles. The van der Waals surface area contributed by atoms with E-state index in [1.165, 1.54) is 70.7 Å². The fraction of sp³-hybridized carbons (Fsp3) is 0. The van der Waals surface area contributed by atoms with Crippen molar-refractivity contribution in [2.24, 2.45) is 0 Å². The van der Waals surface area contributed by atoms with E-state index in [0.717, 1.165) is 22.5 Å². The van der Waals surface area contributed by atoms with Crippen LogP contribution in [0.4, 0.5) is 0 Å². The first-order chi connectivity index (χ1) is 22.4. The fourth-order valence-electron chi connectivity index (χ4n) is 8.03. The summed E-state index contributed by atoms with van der Waals surface area (Å²) in [6.07, 6.45) is 1.88. The minimum atomic E-state index is 0.975. The molecule has 0 bridgehead atoms. The van der Waals surface area contributed by atoms with Gasteiger partial charge in [0.1, 0.15) is 5.65 Å². The Morgan fingerprint density at radius 2 is 0.867 bits per heavy atom. The standard InChI is InChI=1S/C41H24N4/c1-6-16-35-27(10-1)30-14-9-23-42-41(30)44(35)26-21-19-25(20-22-26)43-34-15-5-2-11-28(34)32-24-33-29-12-3-7-17-36(29)45-37-18-8-4-13-31(37)38(39(32)43)40(33)45/h1-24H. The van der Waals surface area contributed by atoms with Gasteiger partial charge in [0.05, 0.1) is 33.1 Å². The van der Waals surface area contributed by atoms with Gasteiger partial charge < -0.3 is 8.97 Å². The number of pyridine rings is 1. The van der Waals surface area contributed by atoms with Gasteiger partial charge in [-0.25, -0.2) is 4.98 Å². The van der Waals surface area contributed by atoms with Crippen LogP contribution < -0.4 is 0 Å². The highest BCUT2D eigenvalue weighted by atomic mass is 15.0. The molecular weight excluding hydrogens is 548 g/mol. The second-order valence-electron chi connectivity index (χ2n) is 12.0. The molecule has 0 saturated heterocycles. The van der Waals surface area contributed by atoms with Crippen LogP contribution >= 0.6 is 0 Å². The maximum Gasteiger partial charge on any atom is 0.145 e. The number of aromatic nitrogens is 4. The minimum absolute atomic E-state index is 0.975. The van der Waals surface area contributed by atoms with Crippen LogP contribution in [0.2, 0.25) is 0 Å². The van der Waals surface area contributed by atoms with Gasteiger partial charge in [0.15, 0.2) is 0 Å². The van der Waals surface area contributed by atoms with Gasteiger partial charge in [-0.05, 0) is 66.7 Å². The van der Waals surface area contributed by atoms with Crippen LogP contribution in [0.3, 0.4) is 0 Å². The van der Waals surface area contributed by atoms with Crippen molar-refractivity contribution in [2.75, 3.05) is 0 Å². The Balaban J connectivity index is 1.26. The Morgan fingerprint density at radius 1 is 0.378 bits per heavy atom. The molecule has 11 aromatic rings.